The highest BCUT2D eigenvalue weighted by atomic mass is 35.5. The largest absolute Gasteiger partial charge is 0.497 e. The number of nitrogen functional groups attached to an aromatic ring is 1. The molecule has 0 aliphatic carbocycles. The van der Waals surface area contributed by atoms with Crippen LogP contribution in [0, 0.1) is 0 Å². The zero-order valence-electron chi connectivity index (χ0n) is 10.5. The van der Waals surface area contributed by atoms with Gasteiger partial charge in [0.15, 0.2) is 0 Å². The number of anilines is 1. The summed E-state index contributed by atoms with van der Waals surface area (Å²) in [4.78, 5) is 4.20. The second-order valence-electron chi connectivity index (χ2n) is 4.27. The Morgan fingerprint density at radius 1 is 1.39 bits per heavy atom. The Bertz CT molecular complexity index is 564. The number of nitrogens with zero attached hydrogens (tertiary/aromatic N) is 1. The standard InChI is InChI=1S/C13H15ClN2O2/c1-7(2)12-11(16-13(15)18-12)9-5-4-8(17-3)6-10(9)14/h4-7H,1-3H3,(H2,15,16). The molecule has 2 aromatic rings. The molecule has 1 aromatic heterocycles. The molecule has 0 aliphatic rings. The van der Waals surface area contributed by atoms with Crippen molar-refractivity contribution in [3.8, 4) is 17.0 Å². The Morgan fingerprint density at radius 3 is 2.67 bits per heavy atom. The number of hydrogen-bond acceptors (Lipinski definition) is 4. The van der Waals surface area contributed by atoms with Crippen LogP contribution in [0.4, 0.5) is 6.01 Å². The quantitative estimate of drug-likeness (QED) is 0.920. The normalized spacial score (nSPS) is 10.9. The second kappa shape index (κ2) is 4.90. The molecule has 0 unspecified atom stereocenters. The lowest BCUT2D eigenvalue weighted by atomic mass is 10.0. The molecule has 2 N–H and O–H groups in total. The summed E-state index contributed by atoms with van der Waals surface area (Å²) in [6.45, 7) is 4.03. The first-order valence-corrected chi connectivity index (χ1v) is 6.00. The maximum absolute atomic E-state index is 6.23. The van der Waals surface area contributed by atoms with Gasteiger partial charge in [-0.2, -0.15) is 4.98 Å². The van der Waals surface area contributed by atoms with E-state index in [1.165, 1.54) is 0 Å². The van der Waals surface area contributed by atoms with Crippen LogP contribution < -0.4 is 10.5 Å². The number of aromatic nitrogens is 1. The van der Waals surface area contributed by atoms with Crippen LogP contribution in [0.15, 0.2) is 22.6 Å². The predicted molar refractivity (Wildman–Crippen MR) is 72.0 cm³/mol. The first-order valence-electron chi connectivity index (χ1n) is 5.63. The van der Waals surface area contributed by atoms with E-state index < -0.39 is 0 Å². The Balaban J connectivity index is 2.55. The molecule has 0 saturated carbocycles. The van der Waals surface area contributed by atoms with Crippen molar-refractivity contribution in [3.05, 3.63) is 29.0 Å². The lowest BCUT2D eigenvalue weighted by molar-refractivity contribution is 0.415. The molecule has 0 atom stereocenters. The number of hydrogen-bond donors (Lipinski definition) is 1. The molecule has 0 fully saturated rings. The molecule has 0 bridgehead atoms. The van der Waals surface area contributed by atoms with Crippen molar-refractivity contribution >= 4 is 17.6 Å². The van der Waals surface area contributed by atoms with E-state index in [4.69, 9.17) is 26.5 Å². The summed E-state index contributed by atoms with van der Waals surface area (Å²) in [6.07, 6.45) is 0. The third-order valence-corrected chi connectivity index (χ3v) is 2.94. The van der Waals surface area contributed by atoms with Gasteiger partial charge in [-0.05, 0) is 18.2 Å². The van der Waals surface area contributed by atoms with Crippen molar-refractivity contribution in [2.24, 2.45) is 0 Å². The molecule has 0 saturated heterocycles. The molecule has 5 heteroatoms. The fourth-order valence-corrected chi connectivity index (χ4v) is 2.01. The van der Waals surface area contributed by atoms with Gasteiger partial charge >= 0.3 is 0 Å². The molecule has 1 aromatic carbocycles. The summed E-state index contributed by atoms with van der Waals surface area (Å²) >= 11 is 6.23. The smallest absolute Gasteiger partial charge is 0.292 e. The number of nitrogens with two attached hydrogens (primary N) is 1. The molecule has 2 rings (SSSR count). The van der Waals surface area contributed by atoms with Crippen molar-refractivity contribution in [1.82, 2.24) is 4.98 Å². The van der Waals surface area contributed by atoms with Crippen molar-refractivity contribution in [3.63, 3.8) is 0 Å². The summed E-state index contributed by atoms with van der Waals surface area (Å²) in [5, 5.41) is 0.560. The number of rotatable bonds is 3. The Morgan fingerprint density at radius 2 is 2.11 bits per heavy atom. The van der Waals surface area contributed by atoms with Gasteiger partial charge in [0, 0.05) is 11.5 Å². The average Bonchev–Trinajstić information content (AvgIpc) is 2.71. The van der Waals surface area contributed by atoms with E-state index >= 15 is 0 Å². The lowest BCUT2D eigenvalue weighted by Crippen LogP contribution is -1.91. The molecular formula is C13H15ClN2O2. The number of benzene rings is 1. The monoisotopic (exact) mass is 266 g/mol. The molecule has 1 heterocycles. The summed E-state index contributed by atoms with van der Waals surface area (Å²) in [6, 6.07) is 5.58. The van der Waals surface area contributed by atoms with Gasteiger partial charge in [-0.1, -0.05) is 25.4 Å². The Hall–Kier alpha value is -1.68. The Kier molecular flexibility index (Phi) is 3.48. The van der Waals surface area contributed by atoms with Crippen LogP contribution in [0.3, 0.4) is 0 Å². The van der Waals surface area contributed by atoms with E-state index in [-0.39, 0.29) is 11.9 Å². The third kappa shape index (κ3) is 2.29. The SMILES string of the molecule is COc1ccc(-c2nc(N)oc2C(C)C)c(Cl)c1. The summed E-state index contributed by atoms with van der Waals surface area (Å²) in [5.41, 5.74) is 7.10. The minimum Gasteiger partial charge on any atom is -0.497 e. The highest BCUT2D eigenvalue weighted by molar-refractivity contribution is 6.33. The van der Waals surface area contributed by atoms with Gasteiger partial charge in [-0.15, -0.1) is 0 Å². The minimum atomic E-state index is 0.153. The Labute approximate surface area is 111 Å². The van der Waals surface area contributed by atoms with E-state index in [2.05, 4.69) is 4.98 Å². The van der Waals surface area contributed by atoms with Gasteiger partial charge in [0.2, 0.25) is 0 Å². The van der Waals surface area contributed by atoms with Crippen LogP contribution in [-0.4, -0.2) is 12.1 Å². The topological polar surface area (TPSA) is 61.3 Å². The van der Waals surface area contributed by atoms with Crippen molar-refractivity contribution < 1.29 is 9.15 Å². The van der Waals surface area contributed by atoms with Crippen LogP contribution in [0.5, 0.6) is 5.75 Å². The van der Waals surface area contributed by atoms with Gasteiger partial charge < -0.3 is 14.9 Å². The maximum atomic E-state index is 6.23. The van der Waals surface area contributed by atoms with Crippen molar-refractivity contribution in [1.29, 1.82) is 0 Å². The van der Waals surface area contributed by atoms with Gasteiger partial charge in [0.25, 0.3) is 6.01 Å². The van der Waals surface area contributed by atoms with Gasteiger partial charge in [-0.3, -0.25) is 0 Å². The van der Waals surface area contributed by atoms with Crippen molar-refractivity contribution in [2.75, 3.05) is 12.8 Å². The van der Waals surface area contributed by atoms with Crippen LogP contribution in [0.2, 0.25) is 5.02 Å². The molecule has 4 nitrogen and oxygen atoms in total. The minimum absolute atomic E-state index is 0.153. The molecule has 18 heavy (non-hydrogen) atoms. The molecule has 96 valence electrons. The zero-order valence-corrected chi connectivity index (χ0v) is 11.3. The van der Waals surface area contributed by atoms with E-state index in [1.807, 2.05) is 26.0 Å². The maximum Gasteiger partial charge on any atom is 0.292 e. The molecule has 0 radical (unpaired) electrons. The number of ether oxygens (including phenoxy) is 1. The van der Waals surface area contributed by atoms with E-state index in [0.717, 1.165) is 11.3 Å². The predicted octanol–water partition coefficient (Wildman–Crippen LogP) is 3.71. The highest BCUT2D eigenvalue weighted by Gasteiger charge is 2.18. The molecular weight excluding hydrogens is 252 g/mol. The second-order valence-corrected chi connectivity index (χ2v) is 4.67. The first-order chi connectivity index (χ1) is 8.52. The molecule has 0 aliphatic heterocycles. The van der Waals surface area contributed by atoms with E-state index in [9.17, 15) is 0 Å². The van der Waals surface area contributed by atoms with Crippen LogP contribution >= 0.6 is 11.6 Å². The summed E-state index contributed by atoms with van der Waals surface area (Å²) in [5.74, 6) is 1.62. The lowest BCUT2D eigenvalue weighted by Gasteiger charge is -2.07. The zero-order chi connectivity index (χ0) is 13.3. The summed E-state index contributed by atoms with van der Waals surface area (Å²) < 4.78 is 10.5. The van der Waals surface area contributed by atoms with Crippen molar-refractivity contribution in [2.45, 2.75) is 19.8 Å². The van der Waals surface area contributed by atoms with Crippen LogP contribution in [-0.2, 0) is 0 Å². The van der Waals surface area contributed by atoms with Gasteiger partial charge in [0.1, 0.15) is 17.2 Å². The summed E-state index contributed by atoms with van der Waals surface area (Å²) in [7, 11) is 1.60. The van der Waals surface area contributed by atoms with Crippen LogP contribution in [0.1, 0.15) is 25.5 Å². The number of oxazole rings is 1. The third-order valence-electron chi connectivity index (χ3n) is 2.63. The van der Waals surface area contributed by atoms with Crippen LogP contribution in [0.25, 0.3) is 11.3 Å². The highest BCUT2D eigenvalue weighted by Crippen LogP contribution is 2.36. The fourth-order valence-electron chi connectivity index (χ4n) is 1.75. The molecule has 0 amide bonds. The molecule has 0 spiro atoms. The average molecular weight is 267 g/mol. The first kappa shape index (κ1) is 12.8. The number of methoxy groups -OCH3 is 1. The number of halogens is 1. The fraction of sp³-hybridized carbons (Fsp3) is 0.308. The van der Waals surface area contributed by atoms with Gasteiger partial charge in [0.05, 0.1) is 12.1 Å². The van der Waals surface area contributed by atoms with E-state index in [0.29, 0.717) is 16.5 Å². The van der Waals surface area contributed by atoms with E-state index in [1.54, 1.807) is 13.2 Å². The van der Waals surface area contributed by atoms with Gasteiger partial charge in [-0.25, -0.2) is 0 Å².